The maximum atomic E-state index is 13.0. The average Bonchev–Trinajstić information content (AvgIpc) is 3.32. The first-order chi connectivity index (χ1) is 15.0. The number of nitrogens with zero attached hydrogens (tertiary/aromatic N) is 3. The van der Waals surface area contributed by atoms with Crippen LogP contribution in [0.2, 0.25) is 0 Å². The van der Waals surface area contributed by atoms with Crippen LogP contribution in [-0.2, 0) is 9.53 Å². The molecule has 4 rings (SSSR count). The summed E-state index contributed by atoms with van der Waals surface area (Å²) >= 11 is 0. The quantitative estimate of drug-likeness (QED) is 0.560. The molecule has 0 atom stereocenters. The molecule has 9 nitrogen and oxygen atoms in total. The molecule has 3 heterocycles. The number of amides is 2. The lowest BCUT2D eigenvalue weighted by molar-refractivity contribution is -0.134. The Hall–Kier alpha value is -3.46. The van der Waals surface area contributed by atoms with Crippen LogP contribution in [0.1, 0.15) is 24.2 Å². The first-order valence-electron chi connectivity index (χ1n) is 10.3. The van der Waals surface area contributed by atoms with Gasteiger partial charge in [-0.25, -0.2) is 0 Å². The molecule has 1 aliphatic rings. The molecule has 162 valence electrons. The van der Waals surface area contributed by atoms with E-state index in [1.165, 1.54) is 0 Å². The molecule has 1 aromatic carbocycles. The van der Waals surface area contributed by atoms with Crippen LogP contribution < -0.4 is 10.6 Å². The Morgan fingerprint density at radius 3 is 2.71 bits per heavy atom. The Bertz CT molecular complexity index is 1070. The fraction of sp³-hybridized carbons (Fsp3) is 0.364. The van der Waals surface area contributed by atoms with Crippen LogP contribution in [0.15, 0.2) is 36.8 Å². The Morgan fingerprint density at radius 1 is 1.19 bits per heavy atom. The van der Waals surface area contributed by atoms with Crippen molar-refractivity contribution in [3.05, 3.63) is 42.4 Å². The summed E-state index contributed by atoms with van der Waals surface area (Å²) in [4.78, 5) is 31.6. The molecule has 1 aliphatic heterocycles. The number of nitrogens with one attached hydrogen (secondary N) is 3. The molecular formula is C22H26N6O3. The van der Waals surface area contributed by atoms with E-state index in [0.717, 1.165) is 22.0 Å². The summed E-state index contributed by atoms with van der Waals surface area (Å²) < 4.78 is 5.27. The zero-order valence-electron chi connectivity index (χ0n) is 17.6. The monoisotopic (exact) mass is 422 g/mol. The topological polar surface area (TPSA) is 112 Å². The van der Waals surface area contributed by atoms with Crippen LogP contribution in [-0.4, -0.2) is 70.8 Å². The molecule has 0 bridgehead atoms. The standard InChI is InChI=1S/C22H26N6O3/c1-14(2)27-21-17-9-15(16-10-25-26-11-16)3-4-19(17)23-12-18(21)22(30)24-13-20(29)28-5-7-31-8-6-28/h3-4,9-12,14H,5-8,13H2,1-2H3,(H,23,27)(H,24,30)(H,25,26). The van der Waals surface area contributed by atoms with Crippen LogP contribution in [0.4, 0.5) is 5.69 Å². The van der Waals surface area contributed by atoms with E-state index in [9.17, 15) is 9.59 Å². The van der Waals surface area contributed by atoms with E-state index in [-0.39, 0.29) is 24.4 Å². The minimum atomic E-state index is -0.340. The van der Waals surface area contributed by atoms with Gasteiger partial charge in [-0.3, -0.25) is 19.7 Å². The van der Waals surface area contributed by atoms with E-state index in [1.807, 2.05) is 38.2 Å². The number of fused-ring (bicyclic) bond motifs is 1. The molecule has 0 saturated carbocycles. The first-order valence-corrected chi connectivity index (χ1v) is 10.3. The summed E-state index contributed by atoms with van der Waals surface area (Å²) in [5.41, 5.74) is 3.79. The van der Waals surface area contributed by atoms with Crippen molar-refractivity contribution in [3.63, 3.8) is 0 Å². The summed E-state index contributed by atoms with van der Waals surface area (Å²) in [6.45, 7) is 6.09. The van der Waals surface area contributed by atoms with Crippen LogP contribution in [0, 0.1) is 0 Å². The Morgan fingerprint density at radius 2 is 2.00 bits per heavy atom. The number of carbonyl (C=O) groups is 2. The number of benzene rings is 1. The van der Waals surface area contributed by atoms with Crippen LogP contribution in [0.5, 0.6) is 0 Å². The molecule has 0 aliphatic carbocycles. The van der Waals surface area contributed by atoms with Gasteiger partial charge in [-0.15, -0.1) is 0 Å². The number of ether oxygens (including phenoxy) is 1. The number of hydrogen-bond donors (Lipinski definition) is 3. The third-order valence-corrected chi connectivity index (χ3v) is 5.14. The van der Waals surface area contributed by atoms with E-state index in [0.29, 0.717) is 37.6 Å². The van der Waals surface area contributed by atoms with Crippen molar-refractivity contribution in [1.82, 2.24) is 25.4 Å². The van der Waals surface area contributed by atoms with Crippen molar-refractivity contribution in [3.8, 4) is 11.1 Å². The van der Waals surface area contributed by atoms with Gasteiger partial charge in [0.2, 0.25) is 5.91 Å². The number of rotatable bonds is 6. The van der Waals surface area contributed by atoms with Gasteiger partial charge in [0, 0.05) is 42.5 Å². The molecule has 3 aromatic rings. The number of anilines is 1. The normalized spacial score (nSPS) is 14.1. The Balaban J connectivity index is 1.62. The van der Waals surface area contributed by atoms with Gasteiger partial charge in [0.15, 0.2) is 0 Å². The summed E-state index contributed by atoms with van der Waals surface area (Å²) in [6.07, 6.45) is 5.12. The number of morpholine rings is 1. The highest BCUT2D eigenvalue weighted by molar-refractivity contribution is 6.08. The molecule has 1 fully saturated rings. The summed E-state index contributed by atoms with van der Waals surface area (Å²) in [5.74, 6) is -0.459. The van der Waals surface area contributed by atoms with E-state index in [4.69, 9.17) is 4.74 Å². The average molecular weight is 422 g/mol. The van der Waals surface area contributed by atoms with Crippen molar-refractivity contribution >= 4 is 28.4 Å². The number of hydrogen-bond acceptors (Lipinski definition) is 6. The van der Waals surface area contributed by atoms with Crippen molar-refractivity contribution in [2.45, 2.75) is 19.9 Å². The lowest BCUT2D eigenvalue weighted by atomic mass is 10.0. The highest BCUT2D eigenvalue weighted by Gasteiger charge is 2.20. The Kier molecular flexibility index (Phi) is 6.13. The van der Waals surface area contributed by atoms with Crippen molar-refractivity contribution in [1.29, 1.82) is 0 Å². The SMILES string of the molecule is CC(C)Nc1c(C(=O)NCC(=O)N2CCOCC2)cnc2ccc(-c3cn[nH]c3)cc12. The van der Waals surface area contributed by atoms with Gasteiger partial charge in [0.25, 0.3) is 5.91 Å². The third kappa shape index (κ3) is 4.66. The molecule has 2 aromatic heterocycles. The zero-order chi connectivity index (χ0) is 21.8. The maximum absolute atomic E-state index is 13.0. The minimum Gasteiger partial charge on any atom is -0.382 e. The van der Waals surface area contributed by atoms with Crippen molar-refractivity contribution in [2.75, 3.05) is 38.2 Å². The maximum Gasteiger partial charge on any atom is 0.255 e. The van der Waals surface area contributed by atoms with Gasteiger partial charge in [-0.05, 0) is 31.5 Å². The third-order valence-electron chi connectivity index (χ3n) is 5.14. The van der Waals surface area contributed by atoms with E-state index in [1.54, 1.807) is 17.3 Å². The van der Waals surface area contributed by atoms with E-state index >= 15 is 0 Å². The predicted octanol–water partition coefficient (Wildman–Crippen LogP) is 2.03. The number of aromatic amines is 1. The number of H-pyrrole nitrogens is 1. The van der Waals surface area contributed by atoms with Gasteiger partial charge in [-0.1, -0.05) is 6.07 Å². The lowest BCUT2D eigenvalue weighted by Crippen LogP contribution is -2.45. The molecule has 0 spiro atoms. The van der Waals surface area contributed by atoms with Gasteiger partial charge in [0.05, 0.1) is 42.7 Å². The molecule has 9 heteroatoms. The fourth-order valence-corrected chi connectivity index (χ4v) is 3.57. The van der Waals surface area contributed by atoms with Gasteiger partial charge < -0.3 is 20.3 Å². The van der Waals surface area contributed by atoms with Crippen LogP contribution in [0.25, 0.3) is 22.0 Å². The summed E-state index contributed by atoms with van der Waals surface area (Å²) in [6, 6.07) is 5.99. The Labute approximate surface area is 180 Å². The number of pyridine rings is 1. The highest BCUT2D eigenvalue weighted by atomic mass is 16.5. The van der Waals surface area contributed by atoms with Crippen molar-refractivity contribution in [2.24, 2.45) is 0 Å². The number of aromatic nitrogens is 3. The van der Waals surface area contributed by atoms with Crippen LogP contribution >= 0.6 is 0 Å². The summed E-state index contributed by atoms with van der Waals surface area (Å²) in [5, 5.41) is 13.8. The van der Waals surface area contributed by atoms with Gasteiger partial charge >= 0.3 is 0 Å². The molecule has 31 heavy (non-hydrogen) atoms. The first kappa shape index (κ1) is 20.8. The zero-order valence-corrected chi connectivity index (χ0v) is 17.6. The summed E-state index contributed by atoms with van der Waals surface area (Å²) in [7, 11) is 0. The molecule has 2 amide bonds. The van der Waals surface area contributed by atoms with Gasteiger partial charge in [-0.2, -0.15) is 5.10 Å². The van der Waals surface area contributed by atoms with Crippen LogP contribution in [0.3, 0.4) is 0 Å². The largest absolute Gasteiger partial charge is 0.382 e. The predicted molar refractivity (Wildman–Crippen MR) is 118 cm³/mol. The molecule has 3 N–H and O–H groups in total. The minimum absolute atomic E-state index is 0.0625. The second kappa shape index (κ2) is 9.13. The van der Waals surface area contributed by atoms with E-state index in [2.05, 4.69) is 25.8 Å². The van der Waals surface area contributed by atoms with E-state index < -0.39 is 0 Å². The fourth-order valence-electron chi connectivity index (χ4n) is 3.57. The highest BCUT2D eigenvalue weighted by Crippen LogP contribution is 2.30. The van der Waals surface area contributed by atoms with Crippen molar-refractivity contribution < 1.29 is 14.3 Å². The molecular weight excluding hydrogens is 396 g/mol. The van der Waals surface area contributed by atoms with Gasteiger partial charge in [0.1, 0.15) is 0 Å². The molecule has 0 radical (unpaired) electrons. The molecule has 0 unspecified atom stereocenters. The lowest BCUT2D eigenvalue weighted by Gasteiger charge is -2.27. The second-order valence-corrected chi connectivity index (χ2v) is 7.74. The smallest absolute Gasteiger partial charge is 0.255 e. The number of carbonyl (C=O) groups excluding carboxylic acids is 2. The second-order valence-electron chi connectivity index (χ2n) is 7.74. The molecule has 1 saturated heterocycles.